The molecule has 1 N–H and O–H groups in total. The van der Waals surface area contributed by atoms with Crippen molar-refractivity contribution in [2.24, 2.45) is 0 Å². The van der Waals surface area contributed by atoms with E-state index in [-0.39, 0.29) is 18.6 Å². The van der Waals surface area contributed by atoms with Crippen LogP contribution in [-0.4, -0.2) is 42.3 Å². The van der Waals surface area contributed by atoms with E-state index in [0.717, 1.165) is 10.5 Å². The Hall–Kier alpha value is -2.99. The molecule has 0 fully saturated rings. The van der Waals surface area contributed by atoms with E-state index in [1.165, 1.54) is 0 Å². The summed E-state index contributed by atoms with van der Waals surface area (Å²) in [6, 6.07) is 16.5. The van der Waals surface area contributed by atoms with Crippen LogP contribution >= 0.6 is 0 Å². The van der Waals surface area contributed by atoms with E-state index >= 15 is 0 Å². The number of ether oxygens (including phenoxy) is 1. The number of hydrogen-bond donors (Lipinski definition) is 1. The summed E-state index contributed by atoms with van der Waals surface area (Å²) in [7, 11) is 0. The van der Waals surface area contributed by atoms with E-state index in [0.29, 0.717) is 30.7 Å². The van der Waals surface area contributed by atoms with E-state index < -0.39 is 11.8 Å². The molecule has 2 aromatic carbocycles. The van der Waals surface area contributed by atoms with Gasteiger partial charge in [0.25, 0.3) is 11.8 Å². The van der Waals surface area contributed by atoms with Crippen LogP contribution < -0.4 is 5.32 Å². The fraction of sp³-hybridized carbons (Fsp3) is 0.286. The summed E-state index contributed by atoms with van der Waals surface area (Å²) in [6.07, 6.45) is 0.630. The molecule has 1 atom stereocenters. The average Bonchev–Trinajstić information content (AvgIpc) is 2.93. The molecule has 6 nitrogen and oxygen atoms in total. The van der Waals surface area contributed by atoms with Gasteiger partial charge >= 0.3 is 0 Å². The van der Waals surface area contributed by atoms with E-state index in [1.807, 2.05) is 37.3 Å². The Morgan fingerprint density at radius 2 is 1.59 bits per heavy atom. The minimum absolute atomic E-state index is 0.0137. The fourth-order valence-corrected chi connectivity index (χ4v) is 2.96. The Morgan fingerprint density at radius 3 is 2.22 bits per heavy atom. The normalized spacial score (nSPS) is 14.2. The topological polar surface area (TPSA) is 75.7 Å². The number of carbonyl (C=O) groups excluding carboxylic acids is 3. The first kappa shape index (κ1) is 18.8. The second kappa shape index (κ2) is 8.60. The highest BCUT2D eigenvalue weighted by Crippen LogP contribution is 2.21. The Bertz CT molecular complexity index is 800. The first-order valence-corrected chi connectivity index (χ1v) is 8.96. The van der Waals surface area contributed by atoms with Crippen LogP contribution in [0.3, 0.4) is 0 Å². The van der Waals surface area contributed by atoms with Crippen LogP contribution in [0.15, 0.2) is 54.6 Å². The van der Waals surface area contributed by atoms with Crippen molar-refractivity contribution in [1.29, 1.82) is 0 Å². The smallest absolute Gasteiger partial charge is 0.262 e. The molecular formula is C21H22N2O4. The van der Waals surface area contributed by atoms with Crippen LogP contribution in [0.4, 0.5) is 0 Å². The first-order chi connectivity index (χ1) is 13.1. The number of imide groups is 1. The third-order valence-electron chi connectivity index (χ3n) is 4.46. The second-order valence-electron chi connectivity index (χ2n) is 6.37. The number of nitrogens with zero attached hydrogens (tertiary/aromatic N) is 1. The van der Waals surface area contributed by atoms with Gasteiger partial charge in [-0.1, -0.05) is 42.5 Å². The zero-order valence-electron chi connectivity index (χ0n) is 15.2. The third kappa shape index (κ3) is 4.41. The SMILES string of the molecule is C[C@H](OCCCNC(=O)CN1C(=O)c2ccccc2C1=O)c1ccccc1. The molecule has 3 amide bonds. The molecule has 27 heavy (non-hydrogen) atoms. The van der Waals surface area contributed by atoms with Gasteiger partial charge in [0.2, 0.25) is 5.91 Å². The van der Waals surface area contributed by atoms with E-state index in [2.05, 4.69) is 5.32 Å². The maximum Gasteiger partial charge on any atom is 0.262 e. The number of benzene rings is 2. The molecule has 0 spiro atoms. The molecule has 140 valence electrons. The second-order valence-corrected chi connectivity index (χ2v) is 6.37. The zero-order valence-corrected chi connectivity index (χ0v) is 15.2. The van der Waals surface area contributed by atoms with Crippen molar-refractivity contribution in [1.82, 2.24) is 10.2 Å². The van der Waals surface area contributed by atoms with Gasteiger partial charge in [0, 0.05) is 13.2 Å². The van der Waals surface area contributed by atoms with Crippen molar-refractivity contribution >= 4 is 17.7 Å². The lowest BCUT2D eigenvalue weighted by Gasteiger charge is -2.15. The van der Waals surface area contributed by atoms with Gasteiger partial charge in [-0.05, 0) is 31.0 Å². The number of fused-ring (bicyclic) bond motifs is 1. The van der Waals surface area contributed by atoms with Gasteiger partial charge in [0.15, 0.2) is 0 Å². The standard InChI is InChI=1S/C21H22N2O4/c1-15(16-8-3-2-4-9-16)27-13-7-12-22-19(24)14-23-20(25)17-10-5-6-11-18(17)21(23)26/h2-6,8-11,15H,7,12-14H2,1H3,(H,22,24)/t15-/m0/s1. The lowest BCUT2D eigenvalue weighted by molar-refractivity contribution is -0.121. The summed E-state index contributed by atoms with van der Waals surface area (Å²) in [5, 5.41) is 2.73. The maximum atomic E-state index is 12.2. The molecule has 0 unspecified atom stereocenters. The lowest BCUT2D eigenvalue weighted by atomic mass is 10.1. The van der Waals surface area contributed by atoms with Gasteiger partial charge in [-0.3, -0.25) is 19.3 Å². The van der Waals surface area contributed by atoms with Gasteiger partial charge in [-0.25, -0.2) is 0 Å². The van der Waals surface area contributed by atoms with Crippen molar-refractivity contribution in [3.05, 3.63) is 71.3 Å². The molecule has 6 heteroatoms. The van der Waals surface area contributed by atoms with Crippen molar-refractivity contribution < 1.29 is 19.1 Å². The average molecular weight is 366 g/mol. The number of hydrogen-bond acceptors (Lipinski definition) is 4. The Kier molecular flexibility index (Phi) is 5.98. The minimum Gasteiger partial charge on any atom is -0.374 e. The highest BCUT2D eigenvalue weighted by atomic mass is 16.5. The molecule has 3 rings (SSSR count). The molecule has 0 saturated carbocycles. The predicted octanol–water partition coefficient (Wildman–Crippen LogP) is 2.57. The largest absolute Gasteiger partial charge is 0.374 e. The summed E-state index contributed by atoms with van der Waals surface area (Å²) in [4.78, 5) is 37.5. The number of nitrogens with one attached hydrogen (secondary N) is 1. The summed E-state index contributed by atoms with van der Waals surface area (Å²) >= 11 is 0. The Balaban J connectivity index is 1.38. The van der Waals surface area contributed by atoms with Gasteiger partial charge in [0.05, 0.1) is 17.2 Å². The molecular weight excluding hydrogens is 344 g/mol. The molecule has 1 aliphatic heterocycles. The summed E-state index contributed by atoms with van der Waals surface area (Å²) in [6.45, 7) is 2.64. The lowest BCUT2D eigenvalue weighted by Crippen LogP contribution is -2.40. The highest BCUT2D eigenvalue weighted by Gasteiger charge is 2.36. The van der Waals surface area contributed by atoms with E-state index in [1.54, 1.807) is 24.3 Å². The van der Waals surface area contributed by atoms with Gasteiger partial charge in [-0.15, -0.1) is 0 Å². The van der Waals surface area contributed by atoms with Crippen LogP contribution in [0.5, 0.6) is 0 Å². The number of amides is 3. The van der Waals surface area contributed by atoms with Gasteiger partial charge in [-0.2, -0.15) is 0 Å². The molecule has 0 saturated heterocycles. The third-order valence-corrected chi connectivity index (χ3v) is 4.46. The quantitative estimate of drug-likeness (QED) is 0.575. The molecule has 1 heterocycles. The highest BCUT2D eigenvalue weighted by molar-refractivity contribution is 6.22. The number of rotatable bonds is 8. The van der Waals surface area contributed by atoms with Gasteiger partial charge < -0.3 is 10.1 Å². The Morgan fingerprint density at radius 1 is 1.00 bits per heavy atom. The van der Waals surface area contributed by atoms with Crippen LogP contribution in [0.25, 0.3) is 0 Å². The summed E-state index contributed by atoms with van der Waals surface area (Å²) in [5.41, 5.74) is 1.80. The van der Waals surface area contributed by atoms with Gasteiger partial charge in [0.1, 0.15) is 6.54 Å². The minimum atomic E-state index is -0.425. The zero-order chi connectivity index (χ0) is 19.2. The van der Waals surface area contributed by atoms with E-state index in [4.69, 9.17) is 4.74 Å². The molecule has 0 radical (unpaired) electrons. The monoisotopic (exact) mass is 366 g/mol. The molecule has 0 aromatic heterocycles. The molecule has 1 aliphatic rings. The van der Waals surface area contributed by atoms with Crippen LogP contribution in [0.1, 0.15) is 45.7 Å². The molecule has 2 aromatic rings. The summed E-state index contributed by atoms with van der Waals surface area (Å²) in [5.74, 6) is -1.21. The fourth-order valence-electron chi connectivity index (χ4n) is 2.96. The van der Waals surface area contributed by atoms with Crippen molar-refractivity contribution in [3.8, 4) is 0 Å². The number of carbonyl (C=O) groups is 3. The van der Waals surface area contributed by atoms with Crippen molar-refractivity contribution in [2.75, 3.05) is 19.7 Å². The van der Waals surface area contributed by atoms with Crippen molar-refractivity contribution in [3.63, 3.8) is 0 Å². The summed E-state index contributed by atoms with van der Waals surface area (Å²) < 4.78 is 5.75. The predicted molar refractivity (Wildman–Crippen MR) is 100 cm³/mol. The van der Waals surface area contributed by atoms with Crippen LogP contribution in [0.2, 0.25) is 0 Å². The first-order valence-electron chi connectivity index (χ1n) is 8.96. The Labute approximate surface area is 158 Å². The van der Waals surface area contributed by atoms with Crippen LogP contribution in [-0.2, 0) is 9.53 Å². The molecule has 0 bridgehead atoms. The van der Waals surface area contributed by atoms with E-state index in [9.17, 15) is 14.4 Å². The van der Waals surface area contributed by atoms with Crippen LogP contribution in [0, 0.1) is 0 Å². The van der Waals surface area contributed by atoms with Crippen molar-refractivity contribution in [2.45, 2.75) is 19.4 Å². The molecule has 0 aliphatic carbocycles. The maximum absolute atomic E-state index is 12.2.